The zero-order chi connectivity index (χ0) is 14.7. The van der Waals surface area contributed by atoms with E-state index < -0.39 is 0 Å². The van der Waals surface area contributed by atoms with Crippen LogP contribution < -0.4 is 5.32 Å². The van der Waals surface area contributed by atoms with Gasteiger partial charge in [-0.3, -0.25) is 4.40 Å². The Morgan fingerprint density at radius 1 is 1.43 bits per heavy atom. The van der Waals surface area contributed by atoms with Crippen molar-refractivity contribution in [3.05, 3.63) is 47.4 Å². The van der Waals surface area contributed by atoms with Crippen molar-refractivity contribution in [3.63, 3.8) is 0 Å². The van der Waals surface area contributed by atoms with Crippen LogP contribution in [0.4, 0.5) is 4.39 Å². The standard InChI is InChI=1S/C15H16FN3S2/c1-2-6-17-10-13-14(18-15-19(13)7-8-20-15)21-12-5-3-4-11(16)9-12/h3-5,7-9,17H,2,6,10H2,1H3. The lowest BCUT2D eigenvalue weighted by molar-refractivity contribution is 0.624. The molecule has 0 aliphatic rings. The molecule has 0 fully saturated rings. The third kappa shape index (κ3) is 3.28. The lowest BCUT2D eigenvalue weighted by Gasteiger charge is -2.05. The minimum absolute atomic E-state index is 0.216. The number of aromatic nitrogens is 2. The summed E-state index contributed by atoms with van der Waals surface area (Å²) in [5.74, 6) is -0.216. The number of imidazole rings is 1. The van der Waals surface area contributed by atoms with E-state index in [0.717, 1.165) is 40.1 Å². The Kier molecular flexibility index (Phi) is 4.57. The van der Waals surface area contributed by atoms with Crippen LogP contribution in [0.3, 0.4) is 0 Å². The summed E-state index contributed by atoms with van der Waals surface area (Å²) in [5, 5.41) is 6.38. The molecule has 0 saturated heterocycles. The van der Waals surface area contributed by atoms with E-state index in [-0.39, 0.29) is 5.82 Å². The van der Waals surface area contributed by atoms with E-state index in [2.05, 4.69) is 21.6 Å². The molecule has 0 bridgehead atoms. The van der Waals surface area contributed by atoms with E-state index in [9.17, 15) is 4.39 Å². The highest BCUT2D eigenvalue weighted by atomic mass is 32.2. The molecule has 3 nitrogen and oxygen atoms in total. The summed E-state index contributed by atoms with van der Waals surface area (Å²) < 4.78 is 15.4. The molecule has 1 N–H and O–H groups in total. The normalized spacial score (nSPS) is 11.3. The van der Waals surface area contributed by atoms with Gasteiger partial charge in [-0.05, 0) is 31.2 Å². The zero-order valence-corrected chi connectivity index (χ0v) is 13.3. The maximum Gasteiger partial charge on any atom is 0.194 e. The summed E-state index contributed by atoms with van der Waals surface area (Å²) in [6.07, 6.45) is 3.13. The van der Waals surface area contributed by atoms with Crippen LogP contribution in [0.25, 0.3) is 4.96 Å². The summed E-state index contributed by atoms with van der Waals surface area (Å²) in [4.78, 5) is 6.51. The van der Waals surface area contributed by atoms with E-state index in [1.165, 1.54) is 17.8 Å². The molecule has 3 rings (SSSR count). The van der Waals surface area contributed by atoms with Crippen LogP contribution in [0.1, 0.15) is 19.0 Å². The van der Waals surface area contributed by atoms with Crippen LogP contribution in [0, 0.1) is 5.82 Å². The molecule has 0 atom stereocenters. The predicted molar refractivity (Wildman–Crippen MR) is 85.6 cm³/mol. The van der Waals surface area contributed by atoms with Crippen molar-refractivity contribution in [2.45, 2.75) is 29.8 Å². The van der Waals surface area contributed by atoms with Gasteiger partial charge < -0.3 is 5.32 Å². The van der Waals surface area contributed by atoms with Gasteiger partial charge in [-0.15, -0.1) is 11.3 Å². The van der Waals surface area contributed by atoms with Gasteiger partial charge >= 0.3 is 0 Å². The summed E-state index contributed by atoms with van der Waals surface area (Å²) in [6, 6.07) is 6.64. The van der Waals surface area contributed by atoms with Gasteiger partial charge in [-0.2, -0.15) is 0 Å². The van der Waals surface area contributed by atoms with Gasteiger partial charge in [0.1, 0.15) is 10.8 Å². The molecule has 0 radical (unpaired) electrons. The first-order valence-corrected chi connectivity index (χ1v) is 8.56. The molecule has 6 heteroatoms. The van der Waals surface area contributed by atoms with Crippen molar-refractivity contribution in [1.29, 1.82) is 0 Å². The van der Waals surface area contributed by atoms with E-state index in [4.69, 9.17) is 0 Å². The van der Waals surface area contributed by atoms with Gasteiger partial charge in [0.15, 0.2) is 4.96 Å². The number of halogens is 1. The fourth-order valence-electron chi connectivity index (χ4n) is 2.08. The highest BCUT2D eigenvalue weighted by molar-refractivity contribution is 7.99. The van der Waals surface area contributed by atoms with Gasteiger partial charge in [0.05, 0.1) is 5.69 Å². The molecule has 0 aliphatic heterocycles. The molecular formula is C15H16FN3S2. The first-order chi connectivity index (χ1) is 10.3. The third-order valence-electron chi connectivity index (χ3n) is 3.05. The van der Waals surface area contributed by atoms with Crippen molar-refractivity contribution < 1.29 is 4.39 Å². The maximum absolute atomic E-state index is 13.3. The number of nitrogens with zero attached hydrogens (tertiary/aromatic N) is 2. The monoisotopic (exact) mass is 321 g/mol. The molecule has 0 unspecified atom stereocenters. The van der Waals surface area contributed by atoms with Crippen LogP contribution in [-0.2, 0) is 6.54 Å². The third-order valence-corrected chi connectivity index (χ3v) is 4.82. The number of hydrogen-bond acceptors (Lipinski definition) is 4. The van der Waals surface area contributed by atoms with Crippen LogP contribution in [-0.4, -0.2) is 15.9 Å². The zero-order valence-electron chi connectivity index (χ0n) is 11.7. The van der Waals surface area contributed by atoms with Gasteiger partial charge in [0.2, 0.25) is 0 Å². The van der Waals surface area contributed by atoms with Crippen LogP contribution >= 0.6 is 23.1 Å². The van der Waals surface area contributed by atoms with E-state index in [1.54, 1.807) is 23.5 Å². The average Bonchev–Trinajstić information content (AvgIpc) is 3.02. The average molecular weight is 321 g/mol. The highest BCUT2D eigenvalue weighted by Crippen LogP contribution is 2.32. The van der Waals surface area contributed by atoms with E-state index >= 15 is 0 Å². The molecule has 1 aromatic carbocycles. The number of benzene rings is 1. The van der Waals surface area contributed by atoms with Gasteiger partial charge in [-0.25, -0.2) is 9.37 Å². The Bertz CT molecular complexity index is 735. The molecule has 21 heavy (non-hydrogen) atoms. The first kappa shape index (κ1) is 14.6. The second-order valence-corrected chi connectivity index (χ2v) is 6.59. The number of fused-ring (bicyclic) bond motifs is 1. The summed E-state index contributed by atoms with van der Waals surface area (Å²) >= 11 is 3.12. The number of hydrogen-bond donors (Lipinski definition) is 1. The molecule has 110 valence electrons. The lowest BCUT2D eigenvalue weighted by atomic mass is 10.3. The lowest BCUT2D eigenvalue weighted by Crippen LogP contribution is -2.15. The topological polar surface area (TPSA) is 29.3 Å². The SMILES string of the molecule is CCCNCc1c(Sc2cccc(F)c2)nc2sccn12. The molecule has 3 aromatic rings. The number of rotatable bonds is 6. The van der Waals surface area contributed by atoms with Crippen molar-refractivity contribution in [2.24, 2.45) is 0 Å². The van der Waals surface area contributed by atoms with Crippen molar-refractivity contribution in [2.75, 3.05) is 6.54 Å². The fraction of sp³-hybridized carbons (Fsp3) is 0.267. The molecule has 0 aliphatic carbocycles. The van der Waals surface area contributed by atoms with Crippen molar-refractivity contribution in [1.82, 2.24) is 14.7 Å². The quantitative estimate of drug-likeness (QED) is 0.690. The molecule has 0 saturated carbocycles. The summed E-state index contributed by atoms with van der Waals surface area (Å²) in [5.41, 5.74) is 1.13. The molecule has 2 aromatic heterocycles. The fourth-order valence-corrected chi connectivity index (χ4v) is 3.83. The molecule has 2 heterocycles. The number of thiazole rings is 1. The van der Waals surface area contributed by atoms with Crippen molar-refractivity contribution in [3.8, 4) is 0 Å². The Morgan fingerprint density at radius 2 is 2.33 bits per heavy atom. The van der Waals surface area contributed by atoms with Crippen LogP contribution in [0.2, 0.25) is 0 Å². The van der Waals surface area contributed by atoms with Crippen LogP contribution in [0.5, 0.6) is 0 Å². The Morgan fingerprint density at radius 3 is 3.14 bits per heavy atom. The molecular weight excluding hydrogens is 305 g/mol. The van der Waals surface area contributed by atoms with Crippen molar-refractivity contribution >= 4 is 28.1 Å². The predicted octanol–water partition coefficient (Wildman–Crippen LogP) is 4.19. The summed E-state index contributed by atoms with van der Waals surface area (Å²) in [6.45, 7) is 3.89. The maximum atomic E-state index is 13.3. The van der Waals surface area contributed by atoms with E-state index in [0.29, 0.717) is 0 Å². The molecule has 0 spiro atoms. The van der Waals surface area contributed by atoms with Crippen LogP contribution in [0.15, 0.2) is 45.8 Å². The minimum atomic E-state index is -0.216. The Balaban J connectivity index is 1.89. The number of nitrogens with one attached hydrogen (secondary N) is 1. The largest absolute Gasteiger partial charge is 0.311 e. The minimum Gasteiger partial charge on any atom is -0.311 e. The van der Waals surface area contributed by atoms with Gasteiger partial charge in [-0.1, -0.05) is 24.8 Å². The Labute approximate surface area is 131 Å². The van der Waals surface area contributed by atoms with Gasteiger partial charge in [0, 0.05) is 23.0 Å². The second-order valence-electron chi connectivity index (χ2n) is 4.66. The first-order valence-electron chi connectivity index (χ1n) is 6.86. The van der Waals surface area contributed by atoms with E-state index in [1.807, 2.05) is 17.6 Å². The highest BCUT2D eigenvalue weighted by Gasteiger charge is 2.14. The summed E-state index contributed by atoms with van der Waals surface area (Å²) in [7, 11) is 0. The van der Waals surface area contributed by atoms with Gasteiger partial charge in [0.25, 0.3) is 0 Å². The molecule has 0 amide bonds. The second kappa shape index (κ2) is 6.60. The Hall–Kier alpha value is -1.37. The smallest absolute Gasteiger partial charge is 0.194 e.